The predicted octanol–water partition coefficient (Wildman–Crippen LogP) is 0.148. The minimum absolute atomic E-state index is 0.284. The molecule has 6 nitrogen and oxygen atoms in total. The summed E-state index contributed by atoms with van der Waals surface area (Å²) in [7, 11) is -2.02. The standard InChI is InChI=1S/C9H19NO5S/c1-4-10(8(2)7-15-3)16(13,14)6-5-9(11)12/h8H,4-7H2,1-3H3,(H,11,12). The summed E-state index contributed by atoms with van der Waals surface area (Å²) in [5, 5.41) is 8.47. The van der Waals surface area contributed by atoms with Gasteiger partial charge in [0.1, 0.15) is 0 Å². The highest BCUT2D eigenvalue weighted by Crippen LogP contribution is 2.09. The molecule has 0 aromatic carbocycles. The van der Waals surface area contributed by atoms with E-state index >= 15 is 0 Å². The highest BCUT2D eigenvalue weighted by molar-refractivity contribution is 7.89. The fraction of sp³-hybridized carbons (Fsp3) is 0.889. The number of nitrogens with zero attached hydrogens (tertiary/aromatic N) is 1. The molecular weight excluding hydrogens is 234 g/mol. The molecule has 16 heavy (non-hydrogen) atoms. The fourth-order valence-electron chi connectivity index (χ4n) is 1.44. The number of carboxylic acids is 1. The number of carbonyl (C=O) groups is 1. The van der Waals surface area contributed by atoms with Gasteiger partial charge >= 0.3 is 5.97 Å². The van der Waals surface area contributed by atoms with Crippen molar-refractivity contribution in [3.63, 3.8) is 0 Å². The van der Waals surface area contributed by atoms with Crippen LogP contribution in [0.15, 0.2) is 0 Å². The van der Waals surface area contributed by atoms with Crippen molar-refractivity contribution in [1.29, 1.82) is 0 Å². The van der Waals surface area contributed by atoms with Gasteiger partial charge in [0.25, 0.3) is 0 Å². The molecule has 0 aliphatic heterocycles. The first-order valence-corrected chi connectivity index (χ1v) is 6.66. The van der Waals surface area contributed by atoms with Crippen LogP contribution in [0.2, 0.25) is 0 Å². The molecule has 0 fully saturated rings. The van der Waals surface area contributed by atoms with Crippen LogP contribution in [0.3, 0.4) is 0 Å². The zero-order chi connectivity index (χ0) is 12.8. The maximum atomic E-state index is 11.8. The van der Waals surface area contributed by atoms with Crippen molar-refractivity contribution in [3.05, 3.63) is 0 Å². The molecule has 96 valence electrons. The van der Waals surface area contributed by atoms with Gasteiger partial charge in [0.2, 0.25) is 10.0 Å². The van der Waals surface area contributed by atoms with E-state index in [1.165, 1.54) is 11.4 Å². The van der Waals surface area contributed by atoms with Gasteiger partial charge in [-0.05, 0) is 6.92 Å². The van der Waals surface area contributed by atoms with Crippen LogP contribution in [0.1, 0.15) is 20.3 Å². The molecule has 0 saturated carbocycles. The lowest BCUT2D eigenvalue weighted by atomic mass is 10.4. The minimum atomic E-state index is -3.52. The maximum Gasteiger partial charge on any atom is 0.304 e. The van der Waals surface area contributed by atoms with Gasteiger partial charge in [-0.3, -0.25) is 4.79 Å². The van der Waals surface area contributed by atoms with Crippen LogP contribution in [-0.4, -0.2) is 55.9 Å². The molecule has 0 aliphatic carbocycles. The van der Waals surface area contributed by atoms with E-state index in [1.807, 2.05) is 0 Å². The van der Waals surface area contributed by atoms with Gasteiger partial charge in [-0.25, -0.2) is 8.42 Å². The van der Waals surface area contributed by atoms with Crippen LogP contribution in [0.4, 0.5) is 0 Å². The molecule has 0 aromatic rings. The molecule has 0 aromatic heterocycles. The van der Waals surface area contributed by atoms with Crippen molar-refractivity contribution in [2.24, 2.45) is 0 Å². The SMILES string of the molecule is CCN(C(C)COC)S(=O)(=O)CCC(=O)O. The molecule has 1 N–H and O–H groups in total. The molecule has 0 aliphatic rings. The van der Waals surface area contributed by atoms with Crippen molar-refractivity contribution in [2.75, 3.05) is 26.0 Å². The maximum absolute atomic E-state index is 11.8. The summed E-state index contributed by atoms with van der Waals surface area (Å²) in [6.07, 6.45) is -0.376. The molecule has 0 spiro atoms. The Morgan fingerprint density at radius 3 is 2.44 bits per heavy atom. The van der Waals surface area contributed by atoms with Crippen LogP contribution in [0.5, 0.6) is 0 Å². The quantitative estimate of drug-likeness (QED) is 0.665. The second-order valence-corrected chi connectivity index (χ2v) is 5.51. The third-order valence-corrected chi connectivity index (χ3v) is 4.20. The first kappa shape index (κ1) is 15.3. The van der Waals surface area contributed by atoms with Crippen LogP contribution in [0.25, 0.3) is 0 Å². The second-order valence-electron chi connectivity index (χ2n) is 3.47. The normalized spacial score (nSPS) is 14.0. The van der Waals surface area contributed by atoms with Crippen molar-refractivity contribution in [1.82, 2.24) is 4.31 Å². The molecular formula is C9H19NO5S. The van der Waals surface area contributed by atoms with Gasteiger partial charge in [0.05, 0.1) is 18.8 Å². The van der Waals surface area contributed by atoms with E-state index in [1.54, 1.807) is 13.8 Å². The van der Waals surface area contributed by atoms with E-state index in [9.17, 15) is 13.2 Å². The Labute approximate surface area is 96.2 Å². The van der Waals surface area contributed by atoms with Crippen molar-refractivity contribution >= 4 is 16.0 Å². The first-order chi connectivity index (χ1) is 7.35. The number of ether oxygens (including phenoxy) is 1. The van der Waals surface area contributed by atoms with Gasteiger partial charge < -0.3 is 9.84 Å². The van der Waals surface area contributed by atoms with Crippen molar-refractivity contribution in [3.8, 4) is 0 Å². The van der Waals surface area contributed by atoms with Gasteiger partial charge in [0, 0.05) is 19.7 Å². The van der Waals surface area contributed by atoms with E-state index in [2.05, 4.69) is 0 Å². The summed E-state index contributed by atoms with van der Waals surface area (Å²) in [6.45, 7) is 4.04. The molecule has 0 rings (SSSR count). The third-order valence-electron chi connectivity index (χ3n) is 2.14. The highest BCUT2D eigenvalue weighted by Gasteiger charge is 2.26. The van der Waals surface area contributed by atoms with Crippen LogP contribution in [0, 0.1) is 0 Å². The Bertz CT molecular complexity index is 314. The van der Waals surface area contributed by atoms with Crippen LogP contribution >= 0.6 is 0 Å². The lowest BCUT2D eigenvalue weighted by Crippen LogP contribution is -2.42. The lowest BCUT2D eigenvalue weighted by Gasteiger charge is -2.26. The molecule has 0 amide bonds. The number of methoxy groups -OCH3 is 1. The lowest BCUT2D eigenvalue weighted by molar-refractivity contribution is -0.136. The Kier molecular flexibility index (Phi) is 6.54. The molecule has 0 saturated heterocycles. The molecule has 1 unspecified atom stereocenters. The molecule has 7 heteroatoms. The van der Waals surface area contributed by atoms with Crippen LogP contribution in [-0.2, 0) is 19.6 Å². The Hall–Kier alpha value is -0.660. The largest absolute Gasteiger partial charge is 0.481 e. The number of sulfonamides is 1. The van der Waals surface area contributed by atoms with Crippen molar-refractivity contribution in [2.45, 2.75) is 26.3 Å². The van der Waals surface area contributed by atoms with Gasteiger partial charge in [-0.2, -0.15) is 4.31 Å². The average molecular weight is 253 g/mol. The molecule has 0 radical (unpaired) electrons. The van der Waals surface area contributed by atoms with E-state index in [4.69, 9.17) is 9.84 Å². The molecule has 1 atom stereocenters. The number of hydrogen-bond donors (Lipinski definition) is 1. The summed E-state index contributed by atoms with van der Waals surface area (Å²) in [4.78, 5) is 10.3. The van der Waals surface area contributed by atoms with E-state index < -0.39 is 16.0 Å². The number of likely N-dealkylation sites (N-methyl/N-ethyl adjacent to an activating group) is 1. The zero-order valence-electron chi connectivity index (χ0n) is 9.84. The van der Waals surface area contributed by atoms with E-state index in [0.717, 1.165) is 0 Å². The predicted molar refractivity (Wildman–Crippen MR) is 59.8 cm³/mol. The summed E-state index contributed by atoms with van der Waals surface area (Å²) in [5.41, 5.74) is 0. The second kappa shape index (κ2) is 6.82. The molecule has 0 heterocycles. The Morgan fingerprint density at radius 2 is 2.06 bits per heavy atom. The minimum Gasteiger partial charge on any atom is -0.481 e. The van der Waals surface area contributed by atoms with Gasteiger partial charge in [-0.1, -0.05) is 6.92 Å². The van der Waals surface area contributed by atoms with Crippen molar-refractivity contribution < 1.29 is 23.1 Å². The number of hydrogen-bond acceptors (Lipinski definition) is 4. The zero-order valence-corrected chi connectivity index (χ0v) is 10.7. The van der Waals surface area contributed by atoms with Gasteiger partial charge in [0.15, 0.2) is 0 Å². The van der Waals surface area contributed by atoms with E-state index in [-0.39, 0.29) is 18.2 Å². The molecule has 0 bridgehead atoms. The number of carboxylic acid groups (broad SMARTS) is 1. The Balaban J connectivity index is 4.60. The smallest absolute Gasteiger partial charge is 0.304 e. The van der Waals surface area contributed by atoms with E-state index in [0.29, 0.717) is 13.2 Å². The summed E-state index contributed by atoms with van der Waals surface area (Å²) in [5.74, 6) is -1.48. The highest BCUT2D eigenvalue weighted by atomic mass is 32.2. The van der Waals surface area contributed by atoms with Crippen LogP contribution < -0.4 is 0 Å². The summed E-state index contributed by atoms with van der Waals surface area (Å²) < 4.78 is 29.7. The monoisotopic (exact) mass is 253 g/mol. The topological polar surface area (TPSA) is 83.9 Å². The Morgan fingerprint density at radius 1 is 1.50 bits per heavy atom. The average Bonchev–Trinajstić information content (AvgIpc) is 2.16. The fourth-order valence-corrected chi connectivity index (χ4v) is 3.11. The number of aliphatic carboxylic acids is 1. The number of rotatable bonds is 8. The first-order valence-electron chi connectivity index (χ1n) is 5.05. The van der Waals surface area contributed by atoms with Gasteiger partial charge in [-0.15, -0.1) is 0 Å². The summed E-state index contributed by atoms with van der Waals surface area (Å²) >= 11 is 0. The summed E-state index contributed by atoms with van der Waals surface area (Å²) in [6, 6.07) is -0.284. The third kappa shape index (κ3) is 4.91.